The maximum absolute atomic E-state index is 13.0. The first-order valence-electron chi connectivity index (χ1n) is 17.1. The number of ether oxygens (including phenoxy) is 2. The number of allylic oxidation sites excluding steroid dienone is 12. The monoisotopic (exact) mass is 649 g/mol. The molecule has 0 radical (unpaired) electrons. The van der Waals surface area contributed by atoms with Gasteiger partial charge in [0, 0.05) is 73.1 Å². The number of aliphatic hydroxyl groups is 1. The van der Waals surface area contributed by atoms with Gasteiger partial charge in [-0.3, -0.25) is 4.79 Å². The van der Waals surface area contributed by atoms with Crippen LogP contribution in [0.25, 0.3) is 0 Å². The third-order valence-corrected chi connectivity index (χ3v) is 10.2. The molecule has 1 saturated heterocycles. The quantitative estimate of drug-likeness (QED) is 0.201. The predicted octanol–water partition coefficient (Wildman–Crippen LogP) is 6.79. The maximum Gasteiger partial charge on any atom is 0.220 e. The molecular formula is C39H47N5O4. The van der Waals surface area contributed by atoms with Crippen molar-refractivity contribution in [2.45, 2.75) is 66.7 Å². The normalized spacial score (nSPS) is 23.0. The number of carbonyl (C=O) groups excluding carboxylic acids is 1. The minimum atomic E-state index is 0.0210. The molecule has 0 aromatic heterocycles. The highest BCUT2D eigenvalue weighted by atomic mass is 16.5. The maximum atomic E-state index is 13.0. The third-order valence-electron chi connectivity index (χ3n) is 10.2. The van der Waals surface area contributed by atoms with Gasteiger partial charge < -0.3 is 25.2 Å². The molecule has 8 bridgehead atoms. The second-order valence-corrected chi connectivity index (χ2v) is 13.1. The molecule has 0 saturated carbocycles. The van der Waals surface area contributed by atoms with Crippen LogP contribution in [-0.2, 0) is 14.3 Å². The Kier molecular flexibility index (Phi) is 9.80. The van der Waals surface area contributed by atoms with E-state index in [2.05, 4.69) is 63.1 Å². The van der Waals surface area contributed by atoms with E-state index in [4.69, 9.17) is 24.5 Å². The highest BCUT2D eigenvalue weighted by Crippen LogP contribution is 2.46. The minimum Gasteiger partial charge on any atom is -0.511 e. The van der Waals surface area contributed by atoms with E-state index in [1.807, 2.05) is 13.0 Å². The molecule has 1 fully saturated rings. The lowest BCUT2D eigenvalue weighted by Crippen LogP contribution is -2.26. The van der Waals surface area contributed by atoms with Crippen molar-refractivity contribution in [1.82, 2.24) is 10.6 Å². The average Bonchev–Trinajstić information content (AvgIpc) is 3.82. The lowest BCUT2D eigenvalue weighted by molar-refractivity contribution is -0.121. The van der Waals surface area contributed by atoms with Gasteiger partial charge in [0.2, 0.25) is 5.91 Å². The van der Waals surface area contributed by atoms with Gasteiger partial charge in [0.1, 0.15) is 5.76 Å². The van der Waals surface area contributed by atoms with Crippen LogP contribution in [0.1, 0.15) is 66.7 Å². The van der Waals surface area contributed by atoms with Gasteiger partial charge in [-0.1, -0.05) is 26.5 Å². The van der Waals surface area contributed by atoms with Gasteiger partial charge in [0.15, 0.2) is 0 Å². The van der Waals surface area contributed by atoms with E-state index in [1.54, 1.807) is 7.11 Å². The van der Waals surface area contributed by atoms with Crippen LogP contribution in [0.3, 0.4) is 0 Å². The molecule has 9 nitrogen and oxygen atoms in total. The second kappa shape index (κ2) is 14.0. The summed E-state index contributed by atoms with van der Waals surface area (Å²) < 4.78 is 10.5. The number of nitrogens with one attached hydrogen (secondary N) is 2. The average molecular weight is 650 g/mol. The van der Waals surface area contributed by atoms with E-state index in [0.717, 1.165) is 91.9 Å². The van der Waals surface area contributed by atoms with E-state index >= 15 is 0 Å². The summed E-state index contributed by atoms with van der Waals surface area (Å²) in [6.07, 6.45) is 11.2. The molecule has 48 heavy (non-hydrogen) atoms. The molecule has 1 aliphatic carbocycles. The highest BCUT2D eigenvalue weighted by molar-refractivity contribution is 6.21. The van der Waals surface area contributed by atoms with Crippen molar-refractivity contribution in [3.63, 3.8) is 0 Å². The Balaban J connectivity index is 1.37. The molecule has 2 atom stereocenters. The number of amides is 1. The standard InChI is InChI=1S/C39H47N5O4/c1-8-25-21(3)29-18-31-23(5)27(11-12-36(46)40-13-10-14-48-16-15-47-7)38(43-31)28-17-35(45)37-24(6)32(44-39(28)37)20-34-26(9-2)22(4)30(42-34)19-33(25)41-29/h8,18-20,23,27,43,45H,1,9-17H2,2-7H3,(H,40,46). The Labute approximate surface area is 283 Å². The molecule has 6 rings (SSSR count). The van der Waals surface area contributed by atoms with Crippen LogP contribution in [0.2, 0.25) is 0 Å². The zero-order valence-electron chi connectivity index (χ0n) is 29.0. The Bertz CT molecular complexity index is 1800. The summed E-state index contributed by atoms with van der Waals surface area (Å²) >= 11 is 0. The van der Waals surface area contributed by atoms with Gasteiger partial charge >= 0.3 is 0 Å². The molecule has 0 spiro atoms. The van der Waals surface area contributed by atoms with Crippen LogP contribution in [0.4, 0.5) is 0 Å². The van der Waals surface area contributed by atoms with Gasteiger partial charge in [0.05, 0.1) is 47.4 Å². The molecule has 252 valence electrons. The number of aliphatic hydroxyl groups excluding tert-OH is 1. The minimum absolute atomic E-state index is 0.0210. The molecular weight excluding hydrogens is 602 g/mol. The summed E-state index contributed by atoms with van der Waals surface area (Å²) in [5.74, 6) is 0.469. The fourth-order valence-electron chi connectivity index (χ4n) is 7.40. The van der Waals surface area contributed by atoms with Crippen LogP contribution in [0.5, 0.6) is 0 Å². The van der Waals surface area contributed by atoms with Crippen molar-refractivity contribution >= 4 is 23.0 Å². The summed E-state index contributed by atoms with van der Waals surface area (Å²) in [5, 5.41) is 18.1. The van der Waals surface area contributed by atoms with Gasteiger partial charge in [0.25, 0.3) is 0 Å². The zero-order chi connectivity index (χ0) is 34.1. The van der Waals surface area contributed by atoms with Crippen LogP contribution >= 0.6 is 0 Å². The fourth-order valence-corrected chi connectivity index (χ4v) is 7.40. The second-order valence-electron chi connectivity index (χ2n) is 13.1. The largest absolute Gasteiger partial charge is 0.511 e. The lowest BCUT2D eigenvalue weighted by Gasteiger charge is -2.18. The van der Waals surface area contributed by atoms with E-state index in [9.17, 15) is 9.90 Å². The molecule has 5 aliphatic heterocycles. The molecule has 0 aromatic carbocycles. The van der Waals surface area contributed by atoms with Crippen molar-refractivity contribution in [3.8, 4) is 0 Å². The number of nitrogens with zero attached hydrogens (tertiary/aromatic N) is 3. The van der Waals surface area contributed by atoms with E-state index in [-0.39, 0.29) is 17.7 Å². The first-order chi connectivity index (χ1) is 23.2. The summed E-state index contributed by atoms with van der Waals surface area (Å²) in [6, 6.07) is 0. The summed E-state index contributed by atoms with van der Waals surface area (Å²) in [4.78, 5) is 28.3. The Morgan fingerprint density at radius 2 is 1.83 bits per heavy atom. The molecule has 6 aliphatic rings. The Hall–Kier alpha value is -4.34. The van der Waals surface area contributed by atoms with Crippen LogP contribution < -0.4 is 10.6 Å². The van der Waals surface area contributed by atoms with Crippen LogP contribution in [-0.4, -0.2) is 61.6 Å². The van der Waals surface area contributed by atoms with E-state index in [1.165, 1.54) is 5.57 Å². The Morgan fingerprint density at radius 3 is 2.58 bits per heavy atom. The smallest absolute Gasteiger partial charge is 0.220 e. The first kappa shape index (κ1) is 33.6. The van der Waals surface area contributed by atoms with E-state index < -0.39 is 0 Å². The van der Waals surface area contributed by atoms with Crippen molar-refractivity contribution in [1.29, 1.82) is 0 Å². The van der Waals surface area contributed by atoms with E-state index in [0.29, 0.717) is 51.4 Å². The summed E-state index contributed by atoms with van der Waals surface area (Å²) in [6.45, 7) is 16.9. The van der Waals surface area contributed by atoms with Gasteiger partial charge in [-0.2, -0.15) is 0 Å². The fraction of sp³-hybridized carbons (Fsp3) is 0.436. The number of carbonyl (C=O) groups is 1. The summed E-state index contributed by atoms with van der Waals surface area (Å²) in [7, 11) is 1.65. The third kappa shape index (κ3) is 6.17. The number of methoxy groups -OCH3 is 1. The molecule has 1 amide bonds. The SMILES string of the molecule is C=CC1=C(C)C2=NC1=CC1=NC(=CC3=C(C)C4=C(O)CC(=C5NC(=C2)C(C)C5CCC(=O)NCCCOCCOC)C4=N3)C(CC)=C1C. The van der Waals surface area contributed by atoms with Crippen molar-refractivity contribution in [2.75, 3.05) is 33.5 Å². The highest BCUT2D eigenvalue weighted by Gasteiger charge is 2.41. The summed E-state index contributed by atoms with van der Waals surface area (Å²) in [5.41, 5.74) is 14.3. The number of hydrogen-bond acceptors (Lipinski definition) is 8. The van der Waals surface area contributed by atoms with Crippen molar-refractivity contribution in [2.24, 2.45) is 26.8 Å². The number of rotatable bonds is 12. The predicted molar refractivity (Wildman–Crippen MR) is 192 cm³/mol. The zero-order valence-corrected chi connectivity index (χ0v) is 29.0. The van der Waals surface area contributed by atoms with Gasteiger partial charge in [-0.05, 0) is 80.6 Å². The van der Waals surface area contributed by atoms with Crippen LogP contribution in [0.15, 0.2) is 119 Å². The topological polar surface area (TPSA) is 117 Å². The number of aliphatic imine (C=N–C) groups is 3. The Morgan fingerprint density at radius 1 is 1.06 bits per heavy atom. The van der Waals surface area contributed by atoms with Crippen molar-refractivity contribution in [3.05, 3.63) is 104 Å². The first-order valence-corrected chi connectivity index (χ1v) is 17.1. The number of hydrogen-bond donors (Lipinski definition) is 3. The molecule has 2 unspecified atom stereocenters. The van der Waals surface area contributed by atoms with Gasteiger partial charge in [-0.25, -0.2) is 15.0 Å². The molecule has 9 heteroatoms. The van der Waals surface area contributed by atoms with Crippen LogP contribution in [0, 0.1) is 11.8 Å². The molecule has 0 aromatic rings. The molecule has 5 heterocycles. The van der Waals surface area contributed by atoms with Gasteiger partial charge in [-0.15, -0.1) is 0 Å². The molecule has 3 N–H and O–H groups in total. The van der Waals surface area contributed by atoms with Crippen molar-refractivity contribution < 1.29 is 19.4 Å². The lowest BCUT2D eigenvalue weighted by atomic mass is 9.86. The number of fused-ring (bicyclic) bond motifs is 5.